The molecule has 0 aromatic carbocycles. The highest BCUT2D eigenvalue weighted by molar-refractivity contribution is 5.80. The fraction of sp³-hybridized carbons (Fsp3) is 0.929. The molecule has 0 spiro atoms. The van der Waals surface area contributed by atoms with Gasteiger partial charge in [0, 0.05) is 26.7 Å². The number of aliphatic imine (C=N–C) groups is 1. The maximum atomic E-state index is 5.43. The van der Waals surface area contributed by atoms with E-state index >= 15 is 0 Å². The van der Waals surface area contributed by atoms with E-state index in [0.717, 1.165) is 31.5 Å². The summed E-state index contributed by atoms with van der Waals surface area (Å²) in [5, 5.41) is 3.36. The number of rotatable bonds is 7. The molecule has 0 bridgehead atoms. The van der Waals surface area contributed by atoms with Crippen LogP contribution in [0.2, 0.25) is 0 Å². The maximum Gasteiger partial charge on any atom is 0.193 e. The van der Waals surface area contributed by atoms with Crippen molar-refractivity contribution in [2.24, 2.45) is 10.9 Å². The average Bonchev–Trinajstić information content (AvgIpc) is 2.42. The second-order valence-corrected chi connectivity index (χ2v) is 5.01. The van der Waals surface area contributed by atoms with E-state index in [0.29, 0.717) is 26.4 Å². The van der Waals surface area contributed by atoms with E-state index in [1.807, 2.05) is 0 Å². The molecule has 1 fully saturated rings. The first kappa shape index (κ1) is 16.2. The summed E-state index contributed by atoms with van der Waals surface area (Å²) in [6.45, 7) is 10.2. The van der Waals surface area contributed by atoms with Crippen LogP contribution >= 0.6 is 0 Å². The molecule has 1 saturated heterocycles. The highest BCUT2D eigenvalue weighted by atomic mass is 16.5. The van der Waals surface area contributed by atoms with Crippen LogP contribution in [0.15, 0.2) is 4.99 Å². The summed E-state index contributed by atoms with van der Waals surface area (Å²) in [4.78, 5) is 6.99. The molecule has 5 nitrogen and oxygen atoms in total. The van der Waals surface area contributed by atoms with Gasteiger partial charge in [-0.25, -0.2) is 0 Å². The molecule has 112 valence electrons. The molecule has 1 heterocycles. The van der Waals surface area contributed by atoms with Crippen LogP contribution in [0.5, 0.6) is 0 Å². The molecule has 0 atom stereocenters. The van der Waals surface area contributed by atoms with Gasteiger partial charge in [-0.05, 0) is 25.7 Å². The summed E-state index contributed by atoms with van der Waals surface area (Å²) < 4.78 is 10.4. The topological polar surface area (TPSA) is 46.1 Å². The molecule has 0 radical (unpaired) electrons. The molecule has 1 aliphatic heterocycles. The van der Waals surface area contributed by atoms with Gasteiger partial charge in [0.1, 0.15) is 0 Å². The van der Waals surface area contributed by atoms with E-state index in [2.05, 4.69) is 29.1 Å². The van der Waals surface area contributed by atoms with E-state index < -0.39 is 0 Å². The lowest BCUT2D eigenvalue weighted by Crippen LogP contribution is -2.45. The summed E-state index contributed by atoms with van der Waals surface area (Å²) in [6, 6.07) is 0. The number of hydrogen-bond acceptors (Lipinski definition) is 3. The largest absolute Gasteiger partial charge is 0.382 e. The first-order valence-corrected chi connectivity index (χ1v) is 7.37. The summed E-state index contributed by atoms with van der Waals surface area (Å²) >= 11 is 0. The summed E-state index contributed by atoms with van der Waals surface area (Å²) in [5.74, 6) is 1.88. The van der Waals surface area contributed by atoms with Crippen LogP contribution in [0.4, 0.5) is 0 Å². The Labute approximate surface area is 117 Å². The van der Waals surface area contributed by atoms with Gasteiger partial charge in [-0.15, -0.1) is 0 Å². The van der Waals surface area contributed by atoms with E-state index in [-0.39, 0.29) is 0 Å². The molecule has 0 unspecified atom stereocenters. The van der Waals surface area contributed by atoms with Crippen molar-refractivity contribution < 1.29 is 9.47 Å². The van der Waals surface area contributed by atoms with Gasteiger partial charge in [-0.2, -0.15) is 0 Å². The Kier molecular flexibility index (Phi) is 8.58. The van der Waals surface area contributed by atoms with Crippen molar-refractivity contribution in [1.29, 1.82) is 0 Å². The molecule has 1 N–H and O–H groups in total. The molecule has 0 amide bonds. The Bertz CT molecular complexity index is 251. The van der Waals surface area contributed by atoms with Gasteiger partial charge in [0.25, 0.3) is 0 Å². The van der Waals surface area contributed by atoms with Gasteiger partial charge in [0.05, 0.1) is 26.4 Å². The smallest absolute Gasteiger partial charge is 0.193 e. The molecule has 1 rings (SSSR count). The fourth-order valence-electron chi connectivity index (χ4n) is 2.11. The third-order valence-corrected chi connectivity index (χ3v) is 3.35. The monoisotopic (exact) mass is 271 g/mol. The Morgan fingerprint density at radius 1 is 1.26 bits per heavy atom. The van der Waals surface area contributed by atoms with Crippen LogP contribution in [0, 0.1) is 5.92 Å². The molecular weight excluding hydrogens is 242 g/mol. The highest BCUT2D eigenvalue weighted by Crippen LogP contribution is 2.15. The number of nitrogens with zero attached hydrogens (tertiary/aromatic N) is 2. The second-order valence-electron chi connectivity index (χ2n) is 5.01. The van der Waals surface area contributed by atoms with E-state index in [4.69, 9.17) is 9.47 Å². The van der Waals surface area contributed by atoms with Crippen molar-refractivity contribution in [2.45, 2.75) is 26.7 Å². The third kappa shape index (κ3) is 6.78. The van der Waals surface area contributed by atoms with Crippen molar-refractivity contribution in [3.05, 3.63) is 0 Å². The first-order valence-electron chi connectivity index (χ1n) is 7.37. The predicted molar refractivity (Wildman–Crippen MR) is 78.6 cm³/mol. The molecule has 0 aliphatic carbocycles. The molecule has 0 saturated carbocycles. The lowest BCUT2D eigenvalue weighted by Gasteiger charge is -2.33. The van der Waals surface area contributed by atoms with Crippen molar-refractivity contribution in [3.8, 4) is 0 Å². The van der Waals surface area contributed by atoms with Crippen LogP contribution in [-0.2, 0) is 9.47 Å². The van der Waals surface area contributed by atoms with Gasteiger partial charge in [0.15, 0.2) is 5.96 Å². The lowest BCUT2D eigenvalue weighted by molar-refractivity contribution is 0.0747. The zero-order chi connectivity index (χ0) is 13.9. The molecule has 1 aliphatic rings. The minimum Gasteiger partial charge on any atom is -0.382 e. The van der Waals surface area contributed by atoms with Gasteiger partial charge in [-0.1, -0.05) is 6.92 Å². The van der Waals surface area contributed by atoms with Gasteiger partial charge in [0.2, 0.25) is 0 Å². The highest BCUT2D eigenvalue weighted by Gasteiger charge is 2.18. The lowest BCUT2D eigenvalue weighted by atomic mass is 10.00. The number of likely N-dealkylation sites (tertiary alicyclic amines) is 1. The Morgan fingerprint density at radius 3 is 2.63 bits per heavy atom. The predicted octanol–water partition coefficient (Wildman–Crippen LogP) is 1.35. The SMILES string of the molecule is CCNC(=NCCOCCOC)N1CCC(C)CC1. The van der Waals surface area contributed by atoms with Gasteiger partial charge >= 0.3 is 0 Å². The number of nitrogens with one attached hydrogen (secondary N) is 1. The van der Waals surface area contributed by atoms with Crippen molar-refractivity contribution in [2.75, 3.05) is 53.1 Å². The fourth-order valence-corrected chi connectivity index (χ4v) is 2.11. The van der Waals surface area contributed by atoms with E-state index in [1.54, 1.807) is 7.11 Å². The minimum atomic E-state index is 0.643. The molecular formula is C14H29N3O2. The molecule has 5 heteroatoms. The van der Waals surface area contributed by atoms with Crippen molar-refractivity contribution in [1.82, 2.24) is 10.2 Å². The average molecular weight is 271 g/mol. The zero-order valence-corrected chi connectivity index (χ0v) is 12.7. The van der Waals surface area contributed by atoms with Crippen LogP contribution in [0.3, 0.4) is 0 Å². The first-order chi connectivity index (χ1) is 9.27. The summed E-state index contributed by atoms with van der Waals surface area (Å²) in [5.41, 5.74) is 0. The van der Waals surface area contributed by atoms with Crippen LogP contribution in [0.1, 0.15) is 26.7 Å². The Morgan fingerprint density at radius 2 is 2.00 bits per heavy atom. The number of ether oxygens (including phenoxy) is 2. The van der Waals surface area contributed by atoms with Gasteiger partial charge in [-0.3, -0.25) is 4.99 Å². The summed E-state index contributed by atoms with van der Waals surface area (Å²) in [6.07, 6.45) is 2.52. The number of methoxy groups -OCH3 is 1. The third-order valence-electron chi connectivity index (χ3n) is 3.35. The number of piperidine rings is 1. The summed E-state index contributed by atoms with van der Waals surface area (Å²) in [7, 11) is 1.68. The number of hydrogen-bond donors (Lipinski definition) is 1. The van der Waals surface area contributed by atoms with E-state index in [9.17, 15) is 0 Å². The second kappa shape index (κ2) is 10.0. The molecule has 0 aromatic rings. The Hall–Kier alpha value is -0.810. The molecule has 19 heavy (non-hydrogen) atoms. The zero-order valence-electron chi connectivity index (χ0n) is 12.7. The van der Waals surface area contributed by atoms with E-state index in [1.165, 1.54) is 12.8 Å². The van der Waals surface area contributed by atoms with Crippen molar-refractivity contribution in [3.63, 3.8) is 0 Å². The maximum absolute atomic E-state index is 5.43. The minimum absolute atomic E-state index is 0.643. The standard InChI is InChI=1S/C14H29N3O2/c1-4-15-14(16-7-10-19-12-11-18-3)17-8-5-13(2)6-9-17/h13H,4-12H2,1-3H3,(H,15,16). The van der Waals surface area contributed by atoms with Crippen molar-refractivity contribution >= 4 is 5.96 Å². The quantitative estimate of drug-likeness (QED) is 0.431. The van der Waals surface area contributed by atoms with Gasteiger partial charge < -0.3 is 19.7 Å². The molecule has 0 aromatic heterocycles. The normalized spacial score (nSPS) is 17.8. The number of guanidine groups is 1. The van der Waals surface area contributed by atoms with Crippen LogP contribution in [0.25, 0.3) is 0 Å². The van der Waals surface area contributed by atoms with Crippen LogP contribution < -0.4 is 5.32 Å². The Balaban J connectivity index is 2.29. The van der Waals surface area contributed by atoms with Crippen LogP contribution in [-0.4, -0.2) is 64.0 Å².